The Hall–Kier alpha value is -2.49. The lowest BCUT2D eigenvalue weighted by atomic mass is 10.2. The van der Waals surface area contributed by atoms with E-state index in [2.05, 4.69) is 32.7 Å². The number of hydrogen-bond acceptors (Lipinski definition) is 6. The molecule has 2 aromatic carbocycles. The second kappa shape index (κ2) is 6.73. The second-order valence-corrected chi connectivity index (χ2v) is 5.81. The van der Waals surface area contributed by atoms with Crippen molar-refractivity contribution in [1.82, 2.24) is 10.1 Å². The van der Waals surface area contributed by atoms with Gasteiger partial charge in [-0.2, -0.15) is 4.98 Å². The highest BCUT2D eigenvalue weighted by atomic mass is 127. The first-order valence-electron chi connectivity index (χ1n) is 6.57. The first-order chi connectivity index (χ1) is 11.1. The highest BCUT2D eigenvalue weighted by Gasteiger charge is 2.13. The first-order valence-corrected chi connectivity index (χ1v) is 7.65. The summed E-state index contributed by atoms with van der Waals surface area (Å²) in [5.74, 6) is 1.28. The molecule has 0 atom stereocenters. The van der Waals surface area contributed by atoms with Crippen molar-refractivity contribution in [3.05, 3.63) is 68.1 Å². The molecule has 3 rings (SSSR count). The number of ether oxygens (including phenoxy) is 1. The minimum Gasteiger partial charge on any atom is -0.484 e. The van der Waals surface area contributed by atoms with Crippen LogP contribution in [0.3, 0.4) is 0 Å². The zero-order valence-corrected chi connectivity index (χ0v) is 13.8. The molecule has 1 aromatic heterocycles. The first kappa shape index (κ1) is 15.4. The fourth-order valence-corrected chi connectivity index (χ4v) is 2.41. The molecular weight excluding hydrogens is 413 g/mol. The lowest BCUT2D eigenvalue weighted by molar-refractivity contribution is -0.384. The van der Waals surface area contributed by atoms with Gasteiger partial charge >= 0.3 is 0 Å². The molecule has 0 unspecified atom stereocenters. The second-order valence-electron chi connectivity index (χ2n) is 4.57. The van der Waals surface area contributed by atoms with Gasteiger partial charge in [-0.15, -0.1) is 0 Å². The Balaban J connectivity index is 1.73. The third kappa shape index (κ3) is 3.83. The molecule has 0 aliphatic rings. The van der Waals surface area contributed by atoms with Gasteiger partial charge in [-0.05, 0) is 40.8 Å². The highest BCUT2D eigenvalue weighted by Crippen LogP contribution is 2.22. The van der Waals surface area contributed by atoms with Crippen LogP contribution < -0.4 is 4.74 Å². The Morgan fingerprint density at radius 1 is 1.22 bits per heavy atom. The van der Waals surface area contributed by atoms with Crippen LogP contribution in [0.15, 0.2) is 53.1 Å². The average molecular weight is 423 g/mol. The maximum Gasteiger partial charge on any atom is 0.270 e. The number of hydrogen-bond donors (Lipinski definition) is 0. The summed E-state index contributed by atoms with van der Waals surface area (Å²) in [6.07, 6.45) is 0. The Labute approximate surface area is 144 Å². The molecule has 0 saturated heterocycles. The number of nitro benzene ring substituents is 1. The number of aromatic nitrogens is 2. The number of nitrogens with zero attached hydrogens (tertiary/aromatic N) is 3. The summed E-state index contributed by atoms with van der Waals surface area (Å²) in [6.45, 7) is 0.127. The van der Waals surface area contributed by atoms with Crippen LogP contribution in [0.4, 0.5) is 5.69 Å². The molecule has 1 heterocycles. The van der Waals surface area contributed by atoms with E-state index in [9.17, 15) is 10.1 Å². The monoisotopic (exact) mass is 423 g/mol. The van der Waals surface area contributed by atoms with E-state index in [1.54, 1.807) is 12.1 Å². The van der Waals surface area contributed by atoms with Crippen LogP contribution in [-0.4, -0.2) is 15.1 Å². The van der Waals surface area contributed by atoms with Crippen LogP contribution in [0.1, 0.15) is 5.89 Å². The van der Waals surface area contributed by atoms with E-state index in [-0.39, 0.29) is 18.1 Å². The maximum atomic E-state index is 10.8. The van der Waals surface area contributed by atoms with Crippen LogP contribution >= 0.6 is 22.6 Å². The molecule has 7 nitrogen and oxygen atoms in total. The van der Waals surface area contributed by atoms with Gasteiger partial charge in [0.1, 0.15) is 5.75 Å². The third-order valence-electron chi connectivity index (χ3n) is 2.94. The zero-order chi connectivity index (χ0) is 16.2. The van der Waals surface area contributed by atoms with E-state index in [0.29, 0.717) is 17.2 Å². The summed E-state index contributed by atoms with van der Waals surface area (Å²) in [6, 6.07) is 13.6. The lowest BCUT2D eigenvalue weighted by Gasteiger charge is -2.02. The fraction of sp³-hybridized carbons (Fsp3) is 0.0667. The van der Waals surface area contributed by atoms with E-state index >= 15 is 0 Å². The van der Waals surface area contributed by atoms with Crippen LogP contribution in [-0.2, 0) is 6.61 Å². The number of nitro groups is 1. The summed E-state index contributed by atoms with van der Waals surface area (Å²) in [5.41, 5.74) is 0.493. The van der Waals surface area contributed by atoms with Crippen molar-refractivity contribution in [2.75, 3.05) is 0 Å². The molecule has 8 heteroatoms. The van der Waals surface area contributed by atoms with Gasteiger partial charge < -0.3 is 9.26 Å². The van der Waals surface area contributed by atoms with Crippen molar-refractivity contribution in [2.45, 2.75) is 6.61 Å². The molecular formula is C15H10IN3O4. The zero-order valence-electron chi connectivity index (χ0n) is 11.7. The van der Waals surface area contributed by atoms with Gasteiger partial charge in [0.15, 0.2) is 6.61 Å². The Bertz CT molecular complexity index is 850. The number of halogens is 1. The summed E-state index contributed by atoms with van der Waals surface area (Å²) in [4.78, 5) is 14.5. The van der Waals surface area contributed by atoms with Gasteiger partial charge in [0.05, 0.1) is 4.92 Å². The molecule has 0 spiro atoms. The minimum atomic E-state index is -0.468. The molecule has 0 fully saturated rings. The topological polar surface area (TPSA) is 91.3 Å². The quantitative estimate of drug-likeness (QED) is 0.352. The molecule has 0 amide bonds. The summed E-state index contributed by atoms with van der Waals surface area (Å²) < 4.78 is 11.7. The summed E-state index contributed by atoms with van der Waals surface area (Å²) >= 11 is 2.19. The molecule has 0 aliphatic carbocycles. The number of non-ortho nitro benzene ring substituents is 1. The van der Waals surface area contributed by atoms with Crippen molar-refractivity contribution in [3.63, 3.8) is 0 Å². The van der Waals surface area contributed by atoms with Gasteiger partial charge in [-0.3, -0.25) is 10.1 Å². The van der Waals surface area contributed by atoms with Crippen LogP contribution in [0.25, 0.3) is 11.4 Å². The SMILES string of the molecule is O=[N+]([O-])c1cccc(-c2noc(COc3cccc(I)c3)n2)c1. The minimum absolute atomic E-state index is 0.0241. The van der Waals surface area contributed by atoms with Crippen LogP contribution in [0.2, 0.25) is 0 Å². The largest absolute Gasteiger partial charge is 0.484 e. The maximum absolute atomic E-state index is 10.8. The van der Waals surface area contributed by atoms with E-state index < -0.39 is 4.92 Å². The van der Waals surface area contributed by atoms with Crippen molar-refractivity contribution in [2.24, 2.45) is 0 Å². The van der Waals surface area contributed by atoms with Crippen molar-refractivity contribution in [1.29, 1.82) is 0 Å². The Morgan fingerprint density at radius 3 is 2.83 bits per heavy atom. The van der Waals surface area contributed by atoms with Gasteiger partial charge in [-0.1, -0.05) is 23.4 Å². The predicted molar refractivity (Wildman–Crippen MR) is 89.9 cm³/mol. The third-order valence-corrected chi connectivity index (χ3v) is 3.61. The molecule has 0 aliphatic heterocycles. The van der Waals surface area contributed by atoms with E-state index in [1.807, 2.05) is 24.3 Å². The van der Waals surface area contributed by atoms with Crippen molar-refractivity contribution in [3.8, 4) is 17.1 Å². The molecule has 0 bridgehead atoms. The molecule has 23 heavy (non-hydrogen) atoms. The highest BCUT2D eigenvalue weighted by molar-refractivity contribution is 14.1. The average Bonchev–Trinajstić information content (AvgIpc) is 3.02. The lowest BCUT2D eigenvalue weighted by Crippen LogP contribution is -1.96. The molecule has 0 N–H and O–H groups in total. The van der Waals surface area contributed by atoms with Crippen LogP contribution in [0.5, 0.6) is 5.75 Å². The van der Waals surface area contributed by atoms with E-state index in [1.165, 1.54) is 12.1 Å². The normalized spacial score (nSPS) is 10.5. The van der Waals surface area contributed by atoms with Gasteiger partial charge in [-0.25, -0.2) is 0 Å². The fourth-order valence-electron chi connectivity index (χ4n) is 1.89. The summed E-state index contributed by atoms with van der Waals surface area (Å²) in [7, 11) is 0. The molecule has 116 valence electrons. The standard InChI is InChI=1S/C15H10IN3O4/c16-11-4-2-6-13(8-11)22-9-14-17-15(18-23-14)10-3-1-5-12(7-10)19(20)21/h1-8H,9H2. The Kier molecular flexibility index (Phi) is 4.51. The molecule has 3 aromatic rings. The Morgan fingerprint density at radius 2 is 2.04 bits per heavy atom. The number of rotatable bonds is 5. The molecule has 0 radical (unpaired) electrons. The van der Waals surface area contributed by atoms with Crippen molar-refractivity contribution >= 4 is 28.3 Å². The van der Waals surface area contributed by atoms with E-state index in [0.717, 1.165) is 3.57 Å². The van der Waals surface area contributed by atoms with Gasteiger partial charge in [0.25, 0.3) is 11.6 Å². The smallest absolute Gasteiger partial charge is 0.270 e. The number of benzene rings is 2. The predicted octanol–water partition coefficient (Wildman–Crippen LogP) is 3.83. The van der Waals surface area contributed by atoms with Crippen molar-refractivity contribution < 1.29 is 14.2 Å². The van der Waals surface area contributed by atoms with Crippen LogP contribution in [0, 0.1) is 13.7 Å². The van der Waals surface area contributed by atoms with E-state index in [4.69, 9.17) is 9.26 Å². The summed E-state index contributed by atoms with van der Waals surface area (Å²) in [5, 5.41) is 14.6. The van der Waals surface area contributed by atoms with Gasteiger partial charge in [0, 0.05) is 21.3 Å². The van der Waals surface area contributed by atoms with Gasteiger partial charge in [0.2, 0.25) is 5.82 Å². The molecule has 0 saturated carbocycles.